The van der Waals surface area contributed by atoms with Crippen LogP contribution in [0.5, 0.6) is 0 Å². The Hall–Kier alpha value is -1.10. The molecule has 0 radical (unpaired) electrons. The van der Waals surface area contributed by atoms with Gasteiger partial charge in [-0.25, -0.2) is 0 Å². The van der Waals surface area contributed by atoms with Crippen molar-refractivity contribution >= 4 is 5.69 Å². The van der Waals surface area contributed by atoms with E-state index in [4.69, 9.17) is 9.57 Å². The molecule has 20 heavy (non-hydrogen) atoms. The molecule has 0 spiro atoms. The third-order valence-corrected chi connectivity index (χ3v) is 4.14. The molecule has 0 atom stereocenters. The Labute approximate surface area is 121 Å². The Bertz CT molecular complexity index is 395. The van der Waals surface area contributed by atoms with Crippen LogP contribution in [0.2, 0.25) is 0 Å². The number of benzene rings is 1. The minimum absolute atomic E-state index is 0.419. The van der Waals surface area contributed by atoms with Crippen LogP contribution >= 0.6 is 0 Å². The summed E-state index contributed by atoms with van der Waals surface area (Å²) < 4.78 is 5.38. The van der Waals surface area contributed by atoms with Crippen molar-refractivity contribution in [1.29, 1.82) is 0 Å². The lowest BCUT2D eigenvalue weighted by Crippen LogP contribution is -2.36. The van der Waals surface area contributed by atoms with Crippen molar-refractivity contribution in [3.05, 3.63) is 29.8 Å². The summed E-state index contributed by atoms with van der Waals surface area (Å²) in [6.07, 6.45) is 5.43. The van der Waals surface area contributed by atoms with Crippen molar-refractivity contribution in [2.24, 2.45) is 0 Å². The van der Waals surface area contributed by atoms with Gasteiger partial charge in [0.05, 0.1) is 19.3 Å². The molecule has 1 heterocycles. The number of anilines is 1. The van der Waals surface area contributed by atoms with Gasteiger partial charge in [-0.15, -0.1) is 0 Å². The molecule has 0 unspecified atom stereocenters. The summed E-state index contributed by atoms with van der Waals surface area (Å²) in [6.45, 7) is 4.42. The maximum Gasteiger partial charge on any atom is 0.0790 e. The van der Waals surface area contributed by atoms with Gasteiger partial charge in [0.2, 0.25) is 0 Å². The fourth-order valence-electron chi connectivity index (χ4n) is 2.90. The second kappa shape index (κ2) is 7.07. The molecule has 3 rings (SSSR count). The van der Waals surface area contributed by atoms with Crippen LogP contribution in [0.1, 0.15) is 31.2 Å². The lowest BCUT2D eigenvalue weighted by molar-refractivity contribution is -0.0244. The predicted molar refractivity (Wildman–Crippen MR) is 79.7 cm³/mol. The Morgan fingerprint density at radius 1 is 1.10 bits per heavy atom. The van der Waals surface area contributed by atoms with E-state index in [1.165, 1.54) is 36.9 Å². The summed E-state index contributed by atoms with van der Waals surface area (Å²) in [5.41, 5.74) is 5.66. The lowest BCUT2D eigenvalue weighted by atomic mass is 10.2. The maximum absolute atomic E-state index is 5.68. The van der Waals surface area contributed by atoms with Crippen LogP contribution in [0.25, 0.3) is 0 Å². The van der Waals surface area contributed by atoms with Crippen LogP contribution in [0, 0.1) is 0 Å². The second-order valence-electron chi connectivity index (χ2n) is 5.61. The lowest BCUT2D eigenvalue weighted by Gasteiger charge is -2.28. The monoisotopic (exact) mass is 276 g/mol. The molecule has 0 amide bonds. The van der Waals surface area contributed by atoms with E-state index in [-0.39, 0.29) is 0 Å². The van der Waals surface area contributed by atoms with Crippen LogP contribution < -0.4 is 10.4 Å². The van der Waals surface area contributed by atoms with Gasteiger partial charge in [-0.05, 0) is 30.5 Å². The van der Waals surface area contributed by atoms with E-state index in [2.05, 4.69) is 34.6 Å². The van der Waals surface area contributed by atoms with Crippen molar-refractivity contribution in [1.82, 2.24) is 5.48 Å². The zero-order valence-corrected chi connectivity index (χ0v) is 12.0. The molecule has 1 N–H and O–H groups in total. The number of nitrogens with one attached hydrogen (secondary N) is 1. The summed E-state index contributed by atoms with van der Waals surface area (Å²) in [4.78, 5) is 8.05. The average molecular weight is 276 g/mol. The fourth-order valence-corrected chi connectivity index (χ4v) is 2.90. The van der Waals surface area contributed by atoms with Crippen LogP contribution in [-0.4, -0.2) is 32.4 Å². The molecule has 1 aromatic rings. The van der Waals surface area contributed by atoms with Crippen LogP contribution in [0.3, 0.4) is 0 Å². The molecule has 4 heteroatoms. The summed E-state index contributed by atoms with van der Waals surface area (Å²) >= 11 is 0. The maximum atomic E-state index is 5.68. The number of rotatable bonds is 5. The molecule has 0 aromatic heterocycles. The first-order chi connectivity index (χ1) is 9.92. The van der Waals surface area contributed by atoms with Crippen molar-refractivity contribution < 1.29 is 9.57 Å². The SMILES string of the molecule is c1cc(N2CCOCC2)ccc1CNOC1CCCC1. The smallest absolute Gasteiger partial charge is 0.0790 e. The van der Waals surface area contributed by atoms with E-state index in [0.29, 0.717) is 6.10 Å². The average Bonchev–Trinajstić information content (AvgIpc) is 3.02. The zero-order valence-electron chi connectivity index (χ0n) is 12.0. The van der Waals surface area contributed by atoms with Crippen molar-refractivity contribution in [3.63, 3.8) is 0 Å². The molecular formula is C16H24N2O2. The number of hydrogen-bond donors (Lipinski definition) is 1. The summed E-state index contributed by atoms with van der Waals surface area (Å²) in [7, 11) is 0. The van der Waals surface area contributed by atoms with E-state index in [1.54, 1.807) is 0 Å². The van der Waals surface area contributed by atoms with Gasteiger partial charge in [0, 0.05) is 25.3 Å². The normalized spacial score (nSPS) is 20.5. The van der Waals surface area contributed by atoms with Gasteiger partial charge >= 0.3 is 0 Å². The molecule has 0 bridgehead atoms. The Morgan fingerprint density at radius 2 is 1.80 bits per heavy atom. The van der Waals surface area contributed by atoms with Crippen molar-refractivity contribution in [3.8, 4) is 0 Å². The van der Waals surface area contributed by atoms with Crippen molar-refractivity contribution in [2.45, 2.75) is 38.3 Å². The fraction of sp³-hybridized carbons (Fsp3) is 0.625. The first-order valence-corrected chi connectivity index (χ1v) is 7.72. The second-order valence-corrected chi connectivity index (χ2v) is 5.61. The zero-order chi connectivity index (χ0) is 13.6. The molecule has 4 nitrogen and oxygen atoms in total. The highest BCUT2D eigenvalue weighted by molar-refractivity contribution is 5.47. The van der Waals surface area contributed by atoms with Gasteiger partial charge in [-0.1, -0.05) is 25.0 Å². The largest absolute Gasteiger partial charge is 0.378 e. The van der Waals surface area contributed by atoms with Gasteiger partial charge in [0.1, 0.15) is 0 Å². The molecule has 2 fully saturated rings. The van der Waals surface area contributed by atoms with Crippen LogP contribution in [0.4, 0.5) is 5.69 Å². The van der Waals surface area contributed by atoms with Gasteiger partial charge in [0.15, 0.2) is 0 Å². The summed E-state index contributed by atoms with van der Waals surface area (Å²) in [5.74, 6) is 0. The number of hydroxylamine groups is 1. The molecular weight excluding hydrogens is 252 g/mol. The molecule has 1 saturated carbocycles. The minimum atomic E-state index is 0.419. The standard InChI is InChI=1S/C16H24N2O2/c1-2-4-16(3-1)20-17-13-14-5-7-15(8-6-14)18-9-11-19-12-10-18/h5-8,16-17H,1-4,9-13H2. The first-order valence-electron chi connectivity index (χ1n) is 7.72. The number of nitrogens with zero attached hydrogens (tertiary/aromatic N) is 1. The topological polar surface area (TPSA) is 33.7 Å². The van der Waals surface area contributed by atoms with Gasteiger partial charge in [-0.3, -0.25) is 4.84 Å². The van der Waals surface area contributed by atoms with Crippen LogP contribution in [-0.2, 0) is 16.1 Å². The van der Waals surface area contributed by atoms with E-state index in [9.17, 15) is 0 Å². The van der Waals surface area contributed by atoms with E-state index >= 15 is 0 Å². The predicted octanol–water partition coefficient (Wildman–Crippen LogP) is 2.49. The molecule has 1 aliphatic carbocycles. The highest BCUT2D eigenvalue weighted by atomic mass is 16.7. The Balaban J connectivity index is 1.45. The van der Waals surface area contributed by atoms with Crippen LogP contribution in [0.15, 0.2) is 24.3 Å². The molecule has 1 saturated heterocycles. The van der Waals surface area contributed by atoms with E-state index in [1.807, 2.05) is 0 Å². The highest BCUT2D eigenvalue weighted by Gasteiger charge is 2.15. The van der Waals surface area contributed by atoms with Crippen molar-refractivity contribution in [2.75, 3.05) is 31.2 Å². The molecule has 2 aliphatic rings. The summed E-state index contributed by atoms with van der Waals surface area (Å²) in [6, 6.07) is 8.74. The van der Waals surface area contributed by atoms with Gasteiger partial charge in [-0.2, -0.15) is 5.48 Å². The minimum Gasteiger partial charge on any atom is -0.378 e. The Kier molecular flexibility index (Phi) is 4.90. The number of morpholine rings is 1. The summed E-state index contributed by atoms with van der Waals surface area (Å²) in [5, 5.41) is 0. The third kappa shape index (κ3) is 3.72. The molecule has 110 valence electrons. The first kappa shape index (κ1) is 13.9. The Morgan fingerprint density at radius 3 is 2.50 bits per heavy atom. The van der Waals surface area contributed by atoms with Gasteiger partial charge < -0.3 is 9.64 Å². The molecule has 1 aliphatic heterocycles. The number of ether oxygens (including phenoxy) is 1. The highest BCUT2D eigenvalue weighted by Crippen LogP contribution is 2.20. The van der Waals surface area contributed by atoms with E-state index < -0.39 is 0 Å². The quantitative estimate of drug-likeness (QED) is 0.838. The molecule has 1 aromatic carbocycles. The van der Waals surface area contributed by atoms with Gasteiger partial charge in [0.25, 0.3) is 0 Å². The number of hydrogen-bond acceptors (Lipinski definition) is 4. The van der Waals surface area contributed by atoms with E-state index in [0.717, 1.165) is 32.8 Å². The third-order valence-electron chi connectivity index (χ3n) is 4.14.